The van der Waals surface area contributed by atoms with Gasteiger partial charge < -0.3 is 15.8 Å². The molecule has 1 heterocycles. The summed E-state index contributed by atoms with van der Waals surface area (Å²) in [6.45, 7) is 5.65. The number of allylic oxidation sites excluding steroid dienone is 1. The first-order valence-corrected chi connectivity index (χ1v) is 6.98. The van der Waals surface area contributed by atoms with Gasteiger partial charge in [-0.1, -0.05) is 43.0 Å². The molecule has 4 nitrogen and oxygen atoms in total. The third kappa shape index (κ3) is 3.68. The fourth-order valence-electron chi connectivity index (χ4n) is 2.21. The number of imidazole rings is 1. The van der Waals surface area contributed by atoms with Crippen molar-refractivity contribution in [2.24, 2.45) is 5.73 Å². The van der Waals surface area contributed by atoms with Crippen molar-refractivity contribution in [3.8, 4) is 0 Å². The highest BCUT2D eigenvalue weighted by molar-refractivity contribution is 5.58. The van der Waals surface area contributed by atoms with Crippen LogP contribution in [0.5, 0.6) is 0 Å². The summed E-state index contributed by atoms with van der Waals surface area (Å²) in [5.74, 6) is 0.474. The molecule has 2 rings (SSSR count). The Balaban J connectivity index is 2.15. The molecule has 0 bridgehead atoms. The lowest BCUT2D eigenvalue weighted by molar-refractivity contribution is 0.137. The Morgan fingerprint density at radius 2 is 2.10 bits per heavy atom. The summed E-state index contributed by atoms with van der Waals surface area (Å²) in [4.78, 5) is 7.46. The highest BCUT2D eigenvalue weighted by Gasteiger charge is 2.21. The summed E-state index contributed by atoms with van der Waals surface area (Å²) in [5, 5.41) is 10.4. The van der Waals surface area contributed by atoms with Gasteiger partial charge in [0.2, 0.25) is 0 Å². The van der Waals surface area contributed by atoms with Gasteiger partial charge in [-0.3, -0.25) is 0 Å². The fourth-order valence-corrected chi connectivity index (χ4v) is 2.21. The van der Waals surface area contributed by atoms with Gasteiger partial charge in [0.25, 0.3) is 0 Å². The molecule has 1 aromatic carbocycles. The molecule has 0 spiro atoms. The van der Waals surface area contributed by atoms with Crippen LogP contribution in [0.4, 0.5) is 0 Å². The first-order valence-electron chi connectivity index (χ1n) is 6.98. The smallest absolute Gasteiger partial charge is 0.137 e. The Morgan fingerprint density at radius 3 is 2.71 bits per heavy atom. The Bertz CT molecular complexity index is 616. The second-order valence-corrected chi connectivity index (χ2v) is 4.92. The monoisotopic (exact) mass is 283 g/mol. The Kier molecular flexibility index (Phi) is 5.09. The summed E-state index contributed by atoms with van der Waals surface area (Å²) < 4.78 is 0. The van der Waals surface area contributed by atoms with Crippen molar-refractivity contribution in [1.82, 2.24) is 9.97 Å². The summed E-state index contributed by atoms with van der Waals surface area (Å²) in [5.41, 5.74) is 8.74. The van der Waals surface area contributed by atoms with E-state index in [2.05, 4.69) is 16.5 Å². The number of aliphatic hydroxyl groups excluding tert-OH is 1. The van der Waals surface area contributed by atoms with Gasteiger partial charge in [0.05, 0.1) is 11.4 Å². The van der Waals surface area contributed by atoms with Crippen molar-refractivity contribution in [3.05, 3.63) is 65.8 Å². The van der Waals surface area contributed by atoms with Gasteiger partial charge >= 0.3 is 0 Å². The van der Waals surface area contributed by atoms with Gasteiger partial charge in [0.1, 0.15) is 11.9 Å². The first kappa shape index (κ1) is 15.2. The van der Waals surface area contributed by atoms with Crippen LogP contribution < -0.4 is 5.73 Å². The number of nitrogens with one attached hydrogen (secondary N) is 1. The van der Waals surface area contributed by atoms with Crippen molar-refractivity contribution in [3.63, 3.8) is 0 Å². The average Bonchev–Trinajstić information content (AvgIpc) is 2.91. The largest absolute Gasteiger partial charge is 0.384 e. The van der Waals surface area contributed by atoms with E-state index in [1.165, 1.54) is 0 Å². The number of aromatic amines is 1. The van der Waals surface area contributed by atoms with Crippen molar-refractivity contribution >= 4 is 12.2 Å². The predicted molar refractivity (Wildman–Crippen MR) is 86.5 cm³/mol. The maximum atomic E-state index is 10.4. The maximum absolute atomic E-state index is 10.4. The molecule has 2 atom stereocenters. The van der Waals surface area contributed by atoms with Crippen molar-refractivity contribution in [2.45, 2.75) is 25.5 Å². The zero-order chi connectivity index (χ0) is 15.2. The number of benzene rings is 1. The van der Waals surface area contributed by atoms with Gasteiger partial charge in [-0.2, -0.15) is 0 Å². The number of H-pyrrole nitrogens is 1. The first-order chi connectivity index (χ1) is 10.2. The van der Waals surface area contributed by atoms with Crippen LogP contribution in [-0.4, -0.2) is 21.1 Å². The minimum Gasteiger partial charge on any atom is -0.384 e. The number of aliphatic hydroxyl groups is 1. The summed E-state index contributed by atoms with van der Waals surface area (Å²) in [6.07, 6.45) is 5.20. The molecule has 2 aromatic rings. The molecule has 0 aliphatic rings. The molecule has 0 fully saturated rings. The Hall–Kier alpha value is -2.17. The van der Waals surface area contributed by atoms with Crippen LogP contribution >= 0.6 is 0 Å². The third-order valence-electron chi connectivity index (χ3n) is 3.31. The number of nitrogens with zero attached hydrogens (tertiary/aromatic N) is 1. The second kappa shape index (κ2) is 7.02. The molecule has 0 radical (unpaired) electrons. The van der Waals surface area contributed by atoms with Crippen molar-refractivity contribution in [1.29, 1.82) is 0 Å². The molecular weight excluding hydrogens is 262 g/mol. The van der Waals surface area contributed by atoms with E-state index in [0.717, 1.165) is 11.3 Å². The number of hydrogen-bond acceptors (Lipinski definition) is 3. The van der Waals surface area contributed by atoms with Crippen molar-refractivity contribution in [2.75, 3.05) is 0 Å². The lowest BCUT2D eigenvalue weighted by Crippen LogP contribution is -2.31. The van der Waals surface area contributed by atoms with Gasteiger partial charge in [-0.15, -0.1) is 0 Å². The van der Waals surface area contributed by atoms with E-state index in [4.69, 9.17) is 5.73 Å². The van der Waals surface area contributed by atoms with Crippen LogP contribution in [-0.2, 0) is 6.42 Å². The minimum atomic E-state index is -0.845. The normalized spacial score (nSPS) is 14.2. The van der Waals surface area contributed by atoms with Gasteiger partial charge in [0, 0.05) is 6.04 Å². The lowest BCUT2D eigenvalue weighted by Gasteiger charge is -2.16. The number of nitrogens with two attached hydrogens (primary N) is 1. The predicted octanol–water partition coefficient (Wildman–Crippen LogP) is 2.69. The van der Waals surface area contributed by atoms with Gasteiger partial charge in [0.15, 0.2) is 0 Å². The van der Waals surface area contributed by atoms with Crippen LogP contribution in [0.1, 0.15) is 35.8 Å². The van der Waals surface area contributed by atoms with E-state index in [1.807, 2.05) is 49.4 Å². The summed E-state index contributed by atoms with van der Waals surface area (Å²) in [7, 11) is 0. The average molecular weight is 283 g/mol. The molecule has 4 heteroatoms. The number of aromatic nitrogens is 2. The van der Waals surface area contributed by atoms with E-state index < -0.39 is 12.1 Å². The van der Waals surface area contributed by atoms with Crippen LogP contribution in [0, 0.1) is 0 Å². The maximum Gasteiger partial charge on any atom is 0.137 e. The summed E-state index contributed by atoms with van der Waals surface area (Å²) >= 11 is 0. The Morgan fingerprint density at radius 1 is 1.38 bits per heavy atom. The molecule has 0 aliphatic carbocycles. The lowest BCUT2D eigenvalue weighted by atomic mass is 10.0. The van der Waals surface area contributed by atoms with E-state index in [0.29, 0.717) is 17.9 Å². The summed E-state index contributed by atoms with van der Waals surface area (Å²) in [6, 6.07) is 9.44. The van der Waals surface area contributed by atoms with Crippen LogP contribution in [0.15, 0.2) is 43.0 Å². The molecule has 110 valence electrons. The standard InChI is InChI=1S/C17H21N3O/c1-3-8-15-14(4-2)19-17(20-15)16(21)13(18)11-12-9-6-5-7-10-12/h3-10,13,16,21H,2,11,18H2,1H3,(H,19,20)/b8-3-/t13-,16?/m0/s1. The van der Waals surface area contributed by atoms with Crippen LogP contribution in [0.25, 0.3) is 12.2 Å². The van der Waals surface area contributed by atoms with Crippen LogP contribution in [0.2, 0.25) is 0 Å². The molecule has 1 unspecified atom stereocenters. The quantitative estimate of drug-likeness (QED) is 0.763. The minimum absolute atomic E-state index is 0.422. The van der Waals surface area contributed by atoms with Gasteiger partial charge in [-0.25, -0.2) is 4.98 Å². The topological polar surface area (TPSA) is 74.9 Å². The fraction of sp³-hybridized carbons (Fsp3) is 0.235. The van der Waals surface area contributed by atoms with E-state index >= 15 is 0 Å². The number of hydrogen-bond donors (Lipinski definition) is 3. The molecule has 0 amide bonds. The molecule has 4 N–H and O–H groups in total. The van der Waals surface area contributed by atoms with Crippen molar-refractivity contribution < 1.29 is 5.11 Å². The molecule has 0 aliphatic heterocycles. The second-order valence-electron chi connectivity index (χ2n) is 4.92. The van der Waals surface area contributed by atoms with Crippen LogP contribution in [0.3, 0.4) is 0 Å². The van der Waals surface area contributed by atoms with Gasteiger partial charge in [-0.05, 0) is 31.1 Å². The zero-order valence-electron chi connectivity index (χ0n) is 12.2. The number of rotatable bonds is 6. The SMILES string of the molecule is C=Cc1nc(C(O)[C@@H](N)Cc2ccccc2)[nH]c1/C=C\C. The molecule has 1 aromatic heterocycles. The van der Waals surface area contributed by atoms with E-state index in [9.17, 15) is 5.11 Å². The zero-order valence-corrected chi connectivity index (χ0v) is 12.2. The molecular formula is C17H21N3O. The third-order valence-corrected chi connectivity index (χ3v) is 3.31. The highest BCUT2D eigenvalue weighted by Crippen LogP contribution is 2.19. The highest BCUT2D eigenvalue weighted by atomic mass is 16.3. The Labute approximate surface area is 125 Å². The molecule has 0 saturated heterocycles. The van der Waals surface area contributed by atoms with E-state index in [1.54, 1.807) is 6.08 Å². The van der Waals surface area contributed by atoms with E-state index in [-0.39, 0.29) is 0 Å². The molecule has 21 heavy (non-hydrogen) atoms. The molecule has 0 saturated carbocycles.